The Balaban J connectivity index is 2.85. The van der Waals surface area contributed by atoms with Gasteiger partial charge in [0.2, 0.25) is 0 Å². The van der Waals surface area contributed by atoms with Crippen molar-refractivity contribution in [3.63, 3.8) is 0 Å². The normalized spacial score (nSPS) is 7.60. The van der Waals surface area contributed by atoms with Crippen molar-refractivity contribution in [1.29, 1.82) is 0 Å². The van der Waals surface area contributed by atoms with Gasteiger partial charge in [-0.25, -0.2) is 0 Å². The standard InChI is InChI=1S/C5H9/c1-4-5(2)3/h1-2,4H2,3H3. The van der Waals surface area contributed by atoms with E-state index in [0.29, 0.717) is 0 Å². The summed E-state index contributed by atoms with van der Waals surface area (Å²) in [6, 6.07) is 0. The molecule has 0 saturated heterocycles. The molecule has 0 atom stereocenters. The smallest absolute Gasteiger partial charge is 0.0326 e. The quantitative estimate of drug-likeness (QED) is 0.412. The summed E-state index contributed by atoms with van der Waals surface area (Å²) in [7, 11) is 0. The third-order valence-electron chi connectivity index (χ3n) is 0.427. The Bertz CT molecular complexity index is 35.3. The third kappa shape index (κ3) is 3.74. The van der Waals surface area contributed by atoms with E-state index >= 15 is 0 Å². The zero-order valence-corrected chi connectivity index (χ0v) is 3.62. The van der Waals surface area contributed by atoms with Crippen molar-refractivity contribution >= 4 is 0 Å². The molecule has 29 valence electrons. The van der Waals surface area contributed by atoms with Crippen LogP contribution in [0, 0.1) is 6.92 Å². The van der Waals surface area contributed by atoms with Crippen molar-refractivity contribution in [3.05, 3.63) is 19.1 Å². The van der Waals surface area contributed by atoms with Crippen LogP contribution in [0.2, 0.25) is 0 Å². The predicted octanol–water partition coefficient (Wildman–Crippen LogP) is 1.79. The first-order chi connectivity index (χ1) is 2.27. The molecule has 0 heterocycles. The van der Waals surface area contributed by atoms with Gasteiger partial charge in [0.1, 0.15) is 0 Å². The summed E-state index contributed by atoms with van der Waals surface area (Å²) < 4.78 is 0. The van der Waals surface area contributed by atoms with Crippen LogP contribution in [-0.2, 0) is 0 Å². The lowest BCUT2D eigenvalue weighted by Crippen LogP contribution is -1.59. The summed E-state index contributed by atoms with van der Waals surface area (Å²) in [6.07, 6.45) is 0.861. The highest BCUT2D eigenvalue weighted by atomic mass is 13.7. The SMILES string of the molecule is [CH2]CC(=C)C. The van der Waals surface area contributed by atoms with E-state index in [4.69, 9.17) is 0 Å². The maximum Gasteiger partial charge on any atom is -0.0326 e. The molecule has 0 fully saturated rings. The summed E-state index contributed by atoms with van der Waals surface area (Å²) in [5, 5.41) is 0. The summed E-state index contributed by atoms with van der Waals surface area (Å²) >= 11 is 0. The second-order valence-electron chi connectivity index (χ2n) is 1.21. The van der Waals surface area contributed by atoms with E-state index in [1.165, 1.54) is 0 Å². The van der Waals surface area contributed by atoms with Gasteiger partial charge >= 0.3 is 0 Å². The van der Waals surface area contributed by atoms with E-state index < -0.39 is 0 Å². The molecule has 0 aliphatic carbocycles. The van der Waals surface area contributed by atoms with Crippen LogP contribution in [0.3, 0.4) is 0 Å². The Labute approximate surface area is 33.5 Å². The van der Waals surface area contributed by atoms with Crippen molar-refractivity contribution < 1.29 is 0 Å². The van der Waals surface area contributed by atoms with Gasteiger partial charge in [-0.05, 0) is 20.3 Å². The first-order valence-corrected chi connectivity index (χ1v) is 1.71. The second-order valence-corrected chi connectivity index (χ2v) is 1.21. The molecule has 5 heavy (non-hydrogen) atoms. The van der Waals surface area contributed by atoms with Crippen LogP contribution in [0.1, 0.15) is 13.3 Å². The molecule has 0 amide bonds. The van der Waals surface area contributed by atoms with Gasteiger partial charge in [0, 0.05) is 0 Å². The van der Waals surface area contributed by atoms with Crippen LogP contribution in [0.25, 0.3) is 0 Å². The first kappa shape index (κ1) is 4.74. The number of hydrogen-bond acceptors (Lipinski definition) is 0. The lowest BCUT2D eigenvalue weighted by atomic mass is 10.3. The molecule has 0 spiro atoms. The zero-order chi connectivity index (χ0) is 4.28. The highest BCUT2D eigenvalue weighted by molar-refractivity contribution is 4.87. The van der Waals surface area contributed by atoms with Crippen LogP contribution in [0.15, 0.2) is 12.2 Å². The average molecular weight is 69.1 g/mol. The van der Waals surface area contributed by atoms with Crippen molar-refractivity contribution in [2.24, 2.45) is 0 Å². The highest BCUT2D eigenvalue weighted by Gasteiger charge is 1.67. The third-order valence-corrected chi connectivity index (χ3v) is 0.427. The summed E-state index contributed by atoms with van der Waals surface area (Å²) in [6.45, 7) is 9.16. The fourth-order valence-electron chi connectivity index (χ4n) is 0. The van der Waals surface area contributed by atoms with E-state index in [1.807, 2.05) is 6.92 Å². The fraction of sp³-hybridized carbons (Fsp3) is 0.400. The number of hydrogen-bond donors (Lipinski definition) is 0. The maximum absolute atomic E-state index is 3.61. The van der Waals surface area contributed by atoms with E-state index in [-0.39, 0.29) is 0 Å². The molecule has 0 nitrogen and oxygen atoms in total. The monoisotopic (exact) mass is 69.1 g/mol. The van der Waals surface area contributed by atoms with E-state index in [1.54, 1.807) is 0 Å². The minimum absolute atomic E-state index is 0.861. The zero-order valence-electron chi connectivity index (χ0n) is 3.62. The highest BCUT2D eigenvalue weighted by Crippen LogP contribution is 1.88. The van der Waals surface area contributed by atoms with Gasteiger partial charge in [-0.1, -0.05) is 5.57 Å². The van der Waals surface area contributed by atoms with Gasteiger partial charge in [0.15, 0.2) is 0 Å². The predicted molar refractivity (Wildman–Crippen MR) is 24.8 cm³/mol. The Kier molecular flexibility index (Phi) is 1.90. The Morgan fingerprint density at radius 2 is 2.00 bits per heavy atom. The van der Waals surface area contributed by atoms with E-state index in [2.05, 4.69) is 13.5 Å². The molecule has 0 heteroatoms. The molecule has 0 aromatic carbocycles. The van der Waals surface area contributed by atoms with Gasteiger partial charge in [-0.2, -0.15) is 0 Å². The molecule has 0 N–H and O–H groups in total. The Morgan fingerprint density at radius 3 is 2.00 bits per heavy atom. The molecular formula is C5H9. The van der Waals surface area contributed by atoms with Gasteiger partial charge in [0.25, 0.3) is 0 Å². The average Bonchev–Trinajstić information content (AvgIpc) is 1.38. The maximum atomic E-state index is 3.61. The number of allylic oxidation sites excluding steroid dienone is 1. The molecule has 1 radical (unpaired) electrons. The summed E-state index contributed by atoms with van der Waals surface area (Å²) in [4.78, 5) is 0. The summed E-state index contributed by atoms with van der Waals surface area (Å²) in [5.74, 6) is 0. The molecule has 0 aliphatic rings. The molecule has 0 aromatic heterocycles. The summed E-state index contributed by atoms with van der Waals surface area (Å²) in [5.41, 5.74) is 1.14. The Hall–Kier alpha value is -0.260. The number of rotatable bonds is 1. The topological polar surface area (TPSA) is 0 Å². The van der Waals surface area contributed by atoms with Crippen LogP contribution in [0.4, 0.5) is 0 Å². The van der Waals surface area contributed by atoms with Crippen molar-refractivity contribution in [1.82, 2.24) is 0 Å². The second kappa shape index (κ2) is 2.01. The Morgan fingerprint density at radius 1 is 1.80 bits per heavy atom. The van der Waals surface area contributed by atoms with Crippen LogP contribution < -0.4 is 0 Å². The first-order valence-electron chi connectivity index (χ1n) is 1.71. The van der Waals surface area contributed by atoms with Gasteiger partial charge in [-0.3, -0.25) is 0 Å². The van der Waals surface area contributed by atoms with Crippen molar-refractivity contribution in [2.75, 3.05) is 0 Å². The molecule has 0 unspecified atom stereocenters. The molecule has 0 bridgehead atoms. The van der Waals surface area contributed by atoms with Crippen molar-refractivity contribution in [2.45, 2.75) is 13.3 Å². The molecule has 0 aliphatic heterocycles. The van der Waals surface area contributed by atoms with Crippen LogP contribution in [0.5, 0.6) is 0 Å². The fourth-order valence-corrected chi connectivity index (χ4v) is 0. The minimum atomic E-state index is 0.861. The van der Waals surface area contributed by atoms with Gasteiger partial charge in [-0.15, -0.1) is 6.58 Å². The largest absolute Gasteiger partial charge is 0.100 e. The molecule has 0 aromatic rings. The molecule has 0 saturated carbocycles. The molecular weight excluding hydrogens is 60.1 g/mol. The van der Waals surface area contributed by atoms with E-state index in [9.17, 15) is 0 Å². The minimum Gasteiger partial charge on any atom is -0.100 e. The van der Waals surface area contributed by atoms with Crippen LogP contribution >= 0.6 is 0 Å². The van der Waals surface area contributed by atoms with Gasteiger partial charge < -0.3 is 0 Å². The van der Waals surface area contributed by atoms with Crippen LogP contribution in [-0.4, -0.2) is 0 Å². The molecule has 0 rings (SSSR count). The van der Waals surface area contributed by atoms with Crippen molar-refractivity contribution in [3.8, 4) is 0 Å². The lowest BCUT2D eigenvalue weighted by Gasteiger charge is -1.79. The van der Waals surface area contributed by atoms with E-state index in [0.717, 1.165) is 12.0 Å². The lowest BCUT2D eigenvalue weighted by molar-refractivity contribution is 1.23. The van der Waals surface area contributed by atoms with Gasteiger partial charge in [0.05, 0.1) is 0 Å².